The van der Waals surface area contributed by atoms with Gasteiger partial charge in [-0.2, -0.15) is 0 Å². The van der Waals surface area contributed by atoms with E-state index in [2.05, 4.69) is 68.2 Å². The van der Waals surface area contributed by atoms with Gasteiger partial charge < -0.3 is 4.79 Å². The average Bonchev–Trinajstić information content (AvgIpc) is 3.23. The molecule has 114 valence electrons. The number of thioether (sulfide) groups is 1. The second-order valence-electron chi connectivity index (χ2n) is 7.05. The predicted molar refractivity (Wildman–Crippen MR) is 97.2 cm³/mol. The molecule has 2 aromatic rings. The van der Waals surface area contributed by atoms with Crippen molar-refractivity contribution in [3.63, 3.8) is 0 Å². The van der Waals surface area contributed by atoms with Gasteiger partial charge in [-0.3, -0.25) is 0 Å². The molecule has 3 rings (SSSR count). The minimum absolute atomic E-state index is 0.243. The molecular weight excluding hydrogens is 304 g/mol. The van der Waals surface area contributed by atoms with Crippen molar-refractivity contribution in [3.8, 4) is 0 Å². The molecule has 0 spiro atoms. The summed E-state index contributed by atoms with van der Waals surface area (Å²) in [5.41, 5.74) is 1.30. The number of benzene rings is 2. The highest BCUT2D eigenvalue weighted by molar-refractivity contribution is 8.02. The fourth-order valence-corrected chi connectivity index (χ4v) is 7.01. The van der Waals surface area contributed by atoms with Crippen LogP contribution >= 0.6 is 11.8 Å². The number of hydrogen-bond acceptors (Lipinski definition) is 2. The van der Waals surface area contributed by atoms with Crippen LogP contribution in [0.25, 0.3) is 0 Å². The van der Waals surface area contributed by atoms with Crippen LogP contribution in [0.3, 0.4) is 0 Å². The Balaban J connectivity index is 1.94. The summed E-state index contributed by atoms with van der Waals surface area (Å²) < 4.78 is -0.243. The molecule has 0 unspecified atom stereocenters. The summed E-state index contributed by atoms with van der Waals surface area (Å²) in [7, 11) is -1.82. The van der Waals surface area contributed by atoms with Gasteiger partial charge in [-0.1, -0.05) is 68.2 Å². The highest BCUT2D eigenvalue weighted by Crippen LogP contribution is 2.63. The summed E-state index contributed by atoms with van der Waals surface area (Å²) in [4.78, 5) is 14.4. The highest BCUT2D eigenvalue weighted by atomic mass is 32.2. The van der Waals surface area contributed by atoms with Crippen molar-refractivity contribution in [1.82, 2.24) is 0 Å². The van der Waals surface area contributed by atoms with Crippen LogP contribution in [0.1, 0.15) is 17.9 Å². The minimum Gasteiger partial charge on any atom is -0.304 e. The maximum Gasteiger partial charge on any atom is 0.127 e. The lowest BCUT2D eigenvalue weighted by molar-refractivity contribution is -0.112. The molecular formula is C19H22OSSi. The first-order valence-corrected chi connectivity index (χ1v) is 12.1. The largest absolute Gasteiger partial charge is 0.304 e. The Labute approximate surface area is 138 Å². The molecule has 1 saturated carbocycles. The Bertz CT molecular complexity index is 663. The van der Waals surface area contributed by atoms with Gasteiger partial charge in [0.05, 0.1) is 4.75 Å². The maximum atomic E-state index is 13.2. The molecule has 0 aliphatic heterocycles. The molecule has 1 aliphatic rings. The fourth-order valence-electron chi connectivity index (χ4n) is 3.06. The van der Waals surface area contributed by atoms with E-state index in [1.165, 1.54) is 10.5 Å². The van der Waals surface area contributed by atoms with Crippen molar-refractivity contribution < 1.29 is 4.79 Å². The van der Waals surface area contributed by atoms with Crippen LogP contribution in [0, 0.1) is 0 Å². The van der Waals surface area contributed by atoms with Crippen LogP contribution in [-0.4, -0.2) is 18.2 Å². The molecule has 2 aromatic carbocycles. The summed E-state index contributed by atoms with van der Waals surface area (Å²) in [5, 5.41) is 0.503. The molecule has 22 heavy (non-hydrogen) atoms. The SMILES string of the molecule is C[Si](C)(C)C(=O)[C@]1(Sc2ccccc2)C[C@@H]1c1ccccc1. The Kier molecular flexibility index (Phi) is 4.04. The van der Waals surface area contributed by atoms with Gasteiger partial charge in [0.1, 0.15) is 13.5 Å². The van der Waals surface area contributed by atoms with Gasteiger partial charge in [0, 0.05) is 10.8 Å². The van der Waals surface area contributed by atoms with Gasteiger partial charge in [-0.15, -0.1) is 11.8 Å². The molecule has 0 N–H and O–H groups in total. The number of carbonyl (C=O) groups is 1. The topological polar surface area (TPSA) is 17.1 Å². The molecule has 1 fully saturated rings. The summed E-state index contributed by atoms with van der Waals surface area (Å²) in [6.45, 7) is 6.51. The smallest absolute Gasteiger partial charge is 0.127 e. The van der Waals surface area contributed by atoms with Gasteiger partial charge in [0.2, 0.25) is 0 Å². The molecule has 0 heterocycles. The van der Waals surface area contributed by atoms with Crippen LogP contribution in [0.2, 0.25) is 19.6 Å². The van der Waals surface area contributed by atoms with Gasteiger partial charge in [0.15, 0.2) is 0 Å². The molecule has 1 nitrogen and oxygen atoms in total. The first-order valence-electron chi connectivity index (χ1n) is 7.77. The molecule has 2 atom stereocenters. The number of carbonyl (C=O) groups excluding carboxylic acids is 1. The lowest BCUT2D eigenvalue weighted by Gasteiger charge is -2.24. The molecule has 0 aromatic heterocycles. The standard InChI is InChI=1S/C19H22OSSi/c1-22(2,3)18(20)19(21-16-12-8-5-9-13-16)14-17(19)15-10-6-4-7-11-15/h4-13,17H,14H2,1-3H3/t17-,19+/m1/s1. The van der Waals surface area contributed by atoms with E-state index in [0.29, 0.717) is 11.3 Å². The van der Waals surface area contributed by atoms with Crippen molar-refractivity contribution in [2.75, 3.05) is 0 Å². The van der Waals surface area contributed by atoms with E-state index in [0.717, 1.165) is 6.42 Å². The van der Waals surface area contributed by atoms with Crippen LogP contribution < -0.4 is 0 Å². The number of hydrogen-bond donors (Lipinski definition) is 0. The summed E-state index contributed by atoms with van der Waals surface area (Å²) in [6.07, 6.45) is 0.972. The summed E-state index contributed by atoms with van der Waals surface area (Å²) >= 11 is 1.78. The third kappa shape index (κ3) is 2.92. The lowest BCUT2D eigenvalue weighted by Crippen LogP contribution is -2.42. The Morgan fingerprint density at radius 1 is 1.00 bits per heavy atom. The second-order valence-corrected chi connectivity index (χ2v) is 13.4. The zero-order chi connectivity index (χ0) is 15.8. The van der Waals surface area contributed by atoms with Crippen molar-refractivity contribution in [2.45, 2.75) is 41.6 Å². The van der Waals surface area contributed by atoms with Crippen molar-refractivity contribution in [3.05, 3.63) is 66.2 Å². The lowest BCUT2D eigenvalue weighted by atomic mass is 10.1. The second kappa shape index (κ2) is 5.71. The molecule has 1 aliphatic carbocycles. The van der Waals surface area contributed by atoms with Gasteiger partial charge in [-0.05, 0) is 24.1 Å². The zero-order valence-corrected chi connectivity index (χ0v) is 15.2. The van der Waals surface area contributed by atoms with E-state index in [1.54, 1.807) is 11.8 Å². The molecule has 3 heteroatoms. The van der Waals surface area contributed by atoms with E-state index in [1.807, 2.05) is 12.1 Å². The summed E-state index contributed by atoms with van der Waals surface area (Å²) in [5.74, 6) is 0.359. The molecule has 0 saturated heterocycles. The Hall–Kier alpha value is -1.32. The van der Waals surface area contributed by atoms with Crippen LogP contribution in [0.5, 0.6) is 0 Å². The minimum atomic E-state index is -1.82. The maximum absolute atomic E-state index is 13.2. The zero-order valence-electron chi connectivity index (χ0n) is 13.4. The van der Waals surface area contributed by atoms with Gasteiger partial charge in [0.25, 0.3) is 0 Å². The third-order valence-corrected chi connectivity index (χ3v) is 7.72. The van der Waals surface area contributed by atoms with Crippen LogP contribution in [0.4, 0.5) is 0 Å². The van der Waals surface area contributed by atoms with E-state index >= 15 is 0 Å². The average molecular weight is 327 g/mol. The van der Waals surface area contributed by atoms with Crippen molar-refractivity contribution in [1.29, 1.82) is 0 Å². The van der Waals surface area contributed by atoms with E-state index in [-0.39, 0.29) is 4.75 Å². The van der Waals surface area contributed by atoms with Crippen molar-refractivity contribution >= 4 is 25.2 Å². The van der Waals surface area contributed by atoms with E-state index in [9.17, 15) is 4.79 Å². The van der Waals surface area contributed by atoms with E-state index in [4.69, 9.17) is 0 Å². The van der Waals surface area contributed by atoms with Gasteiger partial charge >= 0.3 is 0 Å². The predicted octanol–water partition coefficient (Wildman–Crippen LogP) is 5.15. The first-order chi connectivity index (χ1) is 10.4. The highest BCUT2D eigenvalue weighted by Gasteiger charge is 2.63. The van der Waals surface area contributed by atoms with Crippen LogP contribution in [-0.2, 0) is 4.79 Å². The monoisotopic (exact) mass is 326 g/mol. The third-order valence-electron chi connectivity index (χ3n) is 4.22. The summed E-state index contributed by atoms with van der Waals surface area (Å²) in [6, 6.07) is 20.9. The normalized spacial score (nSPS) is 24.0. The molecule has 0 radical (unpaired) electrons. The van der Waals surface area contributed by atoms with Gasteiger partial charge in [-0.25, -0.2) is 0 Å². The number of rotatable bonds is 5. The van der Waals surface area contributed by atoms with Crippen LogP contribution in [0.15, 0.2) is 65.6 Å². The Morgan fingerprint density at radius 2 is 1.55 bits per heavy atom. The first kappa shape index (κ1) is 15.6. The molecule has 0 bridgehead atoms. The van der Waals surface area contributed by atoms with E-state index < -0.39 is 8.07 Å². The quantitative estimate of drug-likeness (QED) is 0.707. The fraction of sp³-hybridized carbons (Fsp3) is 0.316. The van der Waals surface area contributed by atoms with Crippen molar-refractivity contribution in [2.24, 2.45) is 0 Å². The molecule has 0 amide bonds. The Morgan fingerprint density at radius 3 is 2.09 bits per heavy atom.